The normalized spacial score (nSPS) is 12.4. The lowest BCUT2D eigenvalue weighted by molar-refractivity contribution is 0.560. The lowest BCUT2D eigenvalue weighted by Gasteiger charge is -2.15. The van der Waals surface area contributed by atoms with Crippen LogP contribution in [0.15, 0.2) is 42.5 Å². The Morgan fingerprint density at radius 3 is 2.53 bits per heavy atom. The Kier molecular flexibility index (Phi) is 4.27. The first kappa shape index (κ1) is 13.7. The Balaban J connectivity index is 2.04. The summed E-state index contributed by atoms with van der Waals surface area (Å²) >= 11 is 0. The van der Waals surface area contributed by atoms with Crippen molar-refractivity contribution < 1.29 is 8.78 Å². The van der Waals surface area contributed by atoms with E-state index < -0.39 is 0 Å². The monoisotopic (exact) mass is 261 g/mol. The summed E-state index contributed by atoms with van der Waals surface area (Å²) in [6.45, 7) is 4.47. The van der Waals surface area contributed by atoms with Gasteiger partial charge in [-0.1, -0.05) is 18.2 Å². The third-order valence-corrected chi connectivity index (χ3v) is 3.26. The molecule has 0 bridgehead atoms. The molecule has 1 unspecified atom stereocenters. The van der Waals surface area contributed by atoms with Gasteiger partial charge in [0.05, 0.1) is 0 Å². The molecule has 100 valence electrons. The lowest BCUT2D eigenvalue weighted by atomic mass is 10.1. The van der Waals surface area contributed by atoms with E-state index in [1.807, 2.05) is 19.9 Å². The van der Waals surface area contributed by atoms with Crippen LogP contribution in [0.4, 0.5) is 8.78 Å². The highest BCUT2D eigenvalue weighted by Crippen LogP contribution is 2.16. The lowest BCUT2D eigenvalue weighted by Crippen LogP contribution is -2.18. The molecule has 0 aliphatic carbocycles. The fourth-order valence-corrected chi connectivity index (χ4v) is 1.99. The molecule has 0 aliphatic heterocycles. The highest BCUT2D eigenvalue weighted by molar-refractivity contribution is 5.27. The fraction of sp³-hybridized carbons (Fsp3) is 0.250. The Morgan fingerprint density at radius 2 is 1.79 bits per heavy atom. The zero-order valence-electron chi connectivity index (χ0n) is 11.1. The zero-order valence-corrected chi connectivity index (χ0v) is 11.1. The van der Waals surface area contributed by atoms with Crippen molar-refractivity contribution in [2.24, 2.45) is 0 Å². The van der Waals surface area contributed by atoms with Crippen molar-refractivity contribution in [3.63, 3.8) is 0 Å². The molecule has 0 fully saturated rings. The van der Waals surface area contributed by atoms with Crippen molar-refractivity contribution in [2.45, 2.75) is 26.4 Å². The Bertz CT molecular complexity index is 566. The topological polar surface area (TPSA) is 12.0 Å². The molecule has 1 nitrogen and oxygen atoms in total. The van der Waals surface area contributed by atoms with E-state index in [1.54, 1.807) is 12.1 Å². The maximum atomic E-state index is 13.2. The smallest absolute Gasteiger partial charge is 0.123 e. The molecule has 0 spiro atoms. The van der Waals surface area contributed by atoms with Crippen LogP contribution in [-0.2, 0) is 6.54 Å². The molecule has 0 aromatic heterocycles. The third kappa shape index (κ3) is 3.61. The van der Waals surface area contributed by atoms with Gasteiger partial charge in [0.1, 0.15) is 11.6 Å². The van der Waals surface area contributed by atoms with E-state index in [-0.39, 0.29) is 17.7 Å². The zero-order chi connectivity index (χ0) is 13.8. The summed E-state index contributed by atoms with van der Waals surface area (Å²) < 4.78 is 26.3. The Hall–Kier alpha value is -1.74. The van der Waals surface area contributed by atoms with Crippen LogP contribution < -0.4 is 5.32 Å². The van der Waals surface area contributed by atoms with Crippen LogP contribution in [0.1, 0.15) is 29.7 Å². The number of halogens is 2. The highest BCUT2D eigenvalue weighted by atomic mass is 19.1. The van der Waals surface area contributed by atoms with Gasteiger partial charge in [0, 0.05) is 12.6 Å². The molecule has 1 N–H and O–H groups in total. The van der Waals surface area contributed by atoms with Crippen molar-refractivity contribution in [3.05, 3.63) is 70.8 Å². The molecule has 0 amide bonds. The second-order valence-electron chi connectivity index (χ2n) is 4.73. The Morgan fingerprint density at radius 1 is 1.05 bits per heavy atom. The van der Waals surface area contributed by atoms with E-state index in [0.29, 0.717) is 6.54 Å². The molecule has 3 heteroatoms. The summed E-state index contributed by atoms with van der Waals surface area (Å²) in [5.41, 5.74) is 2.85. The largest absolute Gasteiger partial charge is 0.306 e. The third-order valence-electron chi connectivity index (χ3n) is 3.26. The minimum Gasteiger partial charge on any atom is -0.306 e. The quantitative estimate of drug-likeness (QED) is 0.872. The van der Waals surface area contributed by atoms with Gasteiger partial charge in [-0.3, -0.25) is 0 Å². The second kappa shape index (κ2) is 5.93. The minimum atomic E-state index is -0.243. The second-order valence-corrected chi connectivity index (χ2v) is 4.73. The molecule has 0 radical (unpaired) electrons. The van der Waals surface area contributed by atoms with Crippen molar-refractivity contribution in [1.82, 2.24) is 5.32 Å². The van der Waals surface area contributed by atoms with E-state index in [9.17, 15) is 8.78 Å². The predicted molar refractivity (Wildman–Crippen MR) is 72.8 cm³/mol. The average molecular weight is 261 g/mol. The van der Waals surface area contributed by atoms with Gasteiger partial charge in [-0.2, -0.15) is 0 Å². The number of hydrogen-bond donors (Lipinski definition) is 1. The van der Waals surface area contributed by atoms with Crippen LogP contribution in [0.3, 0.4) is 0 Å². The molecule has 0 heterocycles. The SMILES string of the molecule is Cc1ccc(F)cc1CNC(C)c1cccc(F)c1. The van der Waals surface area contributed by atoms with Gasteiger partial charge in [0.2, 0.25) is 0 Å². The first-order valence-corrected chi connectivity index (χ1v) is 6.30. The summed E-state index contributed by atoms with van der Waals surface area (Å²) in [5.74, 6) is -0.478. The number of aryl methyl sites for hydroxylation is 1. The maximum Gasteiger partial charge on any atom is 0.123 e. The minimum absolute atomic E-state index is 0.0124. The number of nitrogens with one attached hydrogen (secondary N) is 1. The van der Waals surface area contributed by atoms with Gasteiger partial charge in [-0.15, -0.1) is 0 Å². The van der Waals surface area contributed by atoms with Crippen LogP contribution in [0, 0.1) is 18.6 Å². The Labute approximate surface area is 112 Å². The van der Waals surface area contributed by atoms with Crippen LogP contribution in [-0.4, -0.2) is 0 Å². The van der Waals surface area contributed by atoms with Crippen LogP contribution in [0.5, 0.6) is 0 Å². The van der Waals surface area contributed by atoms with Gasteiger partial charge in [-0.25, -0.2) is 8.78 Å². The molecule has 0 saturated carbocycles. The van der Waals surface area contributed by atoms with Crippen LogP contribution in [0.2, 0.25) is 0 Å². The van der Waals surface area contributed by atoms with E-state index in [2.05, 4.69) is 5.32 Å². The number of rotatable bonds is 4. The first-order valence-electron chi connectivity index (χ1n) is 6.30. The summed E-state index contributed by atoms with van der Waals surface area (Å²) in [6.07, 6.45) is 0. The predicted octanol–water partition coefficient (Wildman–Crippen LogP) is 4.12. The molecule has 0 aliphatic rings. The summed E-state index contributed by atoms with van der Waals surface area (Å²) in [6, 6.07) is 11.3. The summed E-state index contributed by atoms with van der Waals surface area (Å²) in [7, 11) is 0. The summed E-state index contributed by atoms with van der Waals surface area (Å²) in [5, 5.41) is 3.28. The molecule has 0 saturated heterocycles. The highest BCUT2D eigenvalue weighted by Gasteiger charge is 2.07. The van der Waals surface area contributed by atoms with Gasteiger partial charge in [0.15, 0.2) is 0 Å². The summed E-state index contributed by atoms with van der Waals surface area (Å²) in [4.78, 5) is 0. The van der Waals surface area contributed by atoms with Gasteiger partial charge < -0.3 is 5.32 Å². The van der Waals surface area contributed by atoms with Gasteiger partial charge in [0.25, 0.3) is 0 Å². The average Bonchev–Trinajstić information content (AvgIpc) is 2.39. The molecular weight excluding hydrogens is 244 g/mol. The number of benzene rings is 2. The van der Waals surface area contributed by atoms with Crippen molar-refractivity contribution >= 4 is 0 Å². The van der Waals surface area contributed by atoms with Crippen molar-refractivity contribution in [1.29, 1.82) is 0 Å². The first-order chi connectivity index (χ1) is 9.06. The molecule has 1 atom stereocenters. The van der Waals surface area contributed by atoms with E-state index in [0.717, 1.165) is 16.7 Å². The standard InChI is InChI=1S/C16H17F2N/c1-11-6-7-16(18)9-14(11)10-19-12(2)13-4-3-5-15(17)8-13/h3-9,12,19H,10H2,1-2H3. The maximum absolute atomic E-state index is 13.2. The van der Waals surface area contributed by atoms with E-state index in [1.165, 1.54) is 24.3 Å². The van der Waals surface area contributed by atoms with Crippen molar-refractivity contribution in [3.8, 4) is 0 Å². The number of hydrogen-bond acceptors (Lipinski definition) is 1. The molecule has 2 aromatic carbocycles. The van der Waals surface area contributed by atoms with Gasteiger partial charge in [-0.05, 0) is 54.8 Å². The molecular formula is C16H17F2N. The van der Waals surface area contributed by atoms with Crippen molar-refractivity contribution in [2.75, 3.05) is 0 Å². The molecule has 2 aromatic rings. The van der Waals surface area contributed by atoms with E-state index >= 15 is 0 Å². The van der Waals surface area contributed by atoms with Gasteiger partial charge >= 0.3 is 0 Å². The van der Waals surface area contributed by atoms with Crippen LogP contribution >= 0.6 is 0 Å². The fourth-order valence-electron chi connectivity index (χ4n) is 1.99. The van der Waals surface area contributed by atoms with Crippen LogP contribution in [0.25, 0.3) is 0 Å². The molecule has 19 heavy (non-hydrogen) atoms. The molecule has 2 rings (SSSR count). The van der Waals surface area contributed by atoms with E-state index in [4.69, 9.17) is 0 Å².